The lowest BCUT2D eigenvalue weighted by atomic mass is 10.1. The van der Waals surface area contributed by atoms with Crippen LogP contribution in [0.25, 0.3) is 0 Å². The van der Waals surface area contributed by atoms with Gasteiger partial charge < -0.3 is 4.43 Å². The quantitative estimate of drug-likeness (QED) is 0.289. The third-order valence-corrected chi connectivity index (χ3v) is 10.5. The maximum absolute atomic E-state index is 6.29. The molecule has 0 amide bonds. The molecule has 0 aliphatic rings. The van der Waals surface area contributed by atoms with Crippen molar-refractivity contribution in [1.82, 2.24) is 5.32 Å². The number of benzene rings is 2. The van der Waals surface area contributed by atoms with E-state index in [1.807, 2.05) is 36.4 Å². The molecule has 28 heavy (non-hydrogen) atoms. The summed E-state index contributed by atoms with van der Waals surface area (Å²) in [6.07, 6.45) is 0.973. The van der Waals surface area contributed by atoms with Crippen molar-refractivity contribution in [2.45, 2.75) is 51.4 Å². The molecular weight excluding hydrogens is 426 g/mol. The van der Waals surface area contributed by atoms with Crippen molar-refractivity contribution in [2.24, 2.45) is 0 Å². The minimum Gasteiger partial charge on any atom is -0.417 e. The zero-order chi connectivity index (χ0) is 20.6. The highest BCUT2D eigenvalue weighted by Crippen LogP contribution is 2.36. The van der Waals surface area contributed by atoms with Crippen LogP contribution in [-0.2, 0) is 4.43 Å². The molecule has 1 unspecified atom stereocenters. The number of hydrogen-bond acceptors (Lipinski definition) is 2. The van der Waals surface area contributed by atoms with Crippen LogP contribution in [0.15, 0.2) is 59.1 Å². The first-order valence-corrected chi connectivity index (χ1v) is 13.6. The van der Waals surface area contributed by atoms with Crippen LogP contribution in [0.5, 0.6) is 0 Å². The van der Waals surface area contributed by atoms with Crippen molar-refractivity contribution in [3.63, 3.8) is 0 Å². The molecular formula is C24H32BrNOSi. The van der Waals surface area contributed by atoms with Gasteiger partial charge in [0.05, 0.1) is 6.04 Å². The molecule has 0 fully saturated rings. The average Bonchev–Trinajstić information content (AvgIpc) is 2.64. The second-order valence-electron chi connectivity index (χ2n) is 8.51. The van der Waals surface area contributed by atoms with Gasteiger partial charge in [0.1, 0.15) is 0 Å². The molecule has 2 nitrogen and oxygen atoms in total. The van der Waals surface area contributed by atoms with Gasteiger partial charge in [-0.2, -0.15) is 0 Å². The molecule has 0 aliphatic heterocycles. The van der Waals surface area contributed by atoms with E-state index in [0.29, 0.717) is 0 Å². The fourth-order valence-corrected chi connectivity index (χ4v) is 4.09. The Bertz CT molecular complexity index is 803. The molecule has 0 aliphatic carbocycles. The third-order valence-electron chi connectivity index (χ3n) is 5.29. The lowest BCUT2D eigenvalue weighted by molar-refractivity contribution is 0.279. The number of halogens is 1. The highest BCUT2D eigenvalue weighted by Gasteiger charge is 2.36. The van der Waals surface area contributed by atoms with E-state index < -0.39 is 8.32 Å². The lowest BCUT2D eigenvalue weighted by Gasteiger charge is -2.36. The molecule has 1 atom stereocenters. The molecule has 2 aromatic carbocycles. The molecule has 0 saturated heterocycles. The second kappa shape index (κ2) is 10.4. The van der Waals surface area contributed by atoms with E-state index in [9.17, 15) is 0 Å². The fraction of sp³-hybridized carbons (Fsp3) is 0.417. The smallest absolute Gasteiger partial charge is 0.191 e. The number of nitrogens with one attached hydrogen (secondary N) is 1. The zero-order valence-corrected chi connectivity index (χ0v) is 20.3. The summed E-state index contributed by atoms with van der Waals surface area (Å²) < 4.78 is 7.36. The highest BCUT2D eigenvalue weighted by molar-refractivity contribution is 9.10. The Morgan fingerprint density at radius 3 is 2.32 bits per heavy atom. The maximum atomic E-state index is 6.29. The van der Waals surface area contributed by atoms with Crippen LogP contribution < -0.4 is 5.32 Å². The molecule has 150 valence electrons. The summed E-state index contributed by atoms with van der Waals surface area (Å²) in [7, 11) is -1.68. The van der Waals surface area contributed by atoms with Crippen molar-refractivity contribution in [1.29, 1.82) is 0 Å². The first-order chi connectivity index (χ1) is 13.2. The Hall–Kier alpha value is -1.38. The van der Waals surface area contributed by atoms with E-state index in [0.717, 1.165) is 35.2 Å². The monoisotopic (exact) mass is 457 g/mol. The van der Waals surface area contributed by atoms with Crippen LogP contribution in [0.3, 0.4) is 0 Å². The molecule has 2 aromatic rings. The molecule has 2 rings (SSSR count). The summed E-state index contributed by atoms with van der Waals surface area (Å²) in [4.78, 5) is 0. The lowest BCUT2D eigenvalue weighted by Crippen LogP contribution is -2.41. The van der Waals surface area contributed by atoms with E-state index in [1.165, 1.54) is 0 Å². The van der Waals surface area contributed by atoms with Gasteiger partial charge in [0.25, 0.3) is 0 Å². The average molecular weight is 459 g/mol. The number of rotatable bonds is 7. The molecule has 0 radical (unpaired) electrons. The van der Waals surface area contributed by atoms with Crippen LogP contribution in [0.4, 0.5) is 0 Å². The van der Waals surface area contributed by atoms with Crippen molar-refractivity contribution < 1.29 is 4.43 Å². The SMILES string of the molecule is CC(C)(C)[Si](C)(C)OCCCNC(C#Cc1ccccc1)c1ccccc1Br. The first kappa shape index (κ1) is 22.9. The predicted molar refractivity (Wildman–Crippen MR) is 126 cm³/mol. The van der Waals surface area contributed by atoms with E-state index >= 15 is 0 Å². The van der Waals surface area contributed by atoms with Gasteiger partial charge in [-0.05, 0) is 54.9 Å². The van der Waals surface area contributed by atoms with E-state index in [2.05, 4.69) is 85.2 Å². The van der Waals surface area contributed by atoms with Crippen LogP contribution >= 0.6 is 15.9 Å². The Balaban J connectivity index is 2.00. The van der Waals surface area contributed by atoms with Gasteiger partial charge in [0.2, 0.25) is 0 Å². The van der Waals surface area contributed by atoms with Crippen molar-refractivity contribution in [3.8, 4) is 11.8 Å². The highest BCUT2D eigenvalue weighted by atomic mass is 79.9. The largest absolute Gasteiger partial charge is 0.417 e. The van der Waals surface area contributed by atoms with Gasteiger partial charge in [0.15, 0.2) is 8.32 Å². The summed E-state index contributed by atoms with van der Waals surface area (Å²) in [5.74, 6) is 6.70. The van der Waals surface area contributed by atoms with E-state index in [4.69, 9.17) is 4.43 Å². The summed E-state index contributed by atoms with van der Waals surface area (Å²) >= 11 is 3.67. The molecule has 0 aromatic heterocycles. The van der Waals surface area contributed by atoms with Crippen LogP contribution in [0, 0.1) is 11.8 Å². The molecule has 1 N–H and O–H groups in total. The third kappa shape index (κ3) is 6.90. The van der Waals surface area contributed by atoms with Crippen LogP contribution in [0.1, 0.15) is 44.4 Å². The first-order valence-electron chi connectivity index (χ1n) is 9.89. The summed E-state index contributed by atoms with van der Waals surface area (Å²) in [6.45, 7) is 13.1. The van der Waals surface area contributed by atoms with Gasteiger partial charge in [-0.15, -0.1) is 0 Å². The molecule has 4 heteroatoms. The van der Waals surface area contributed by atoms with Crippen molar-refractivity contribution in [2.75, 3.05) is 13.2 Å². The number of hydrogen-bond donors (Lipinski definition) is 1. The van der Waals surface area contributed by atoms with Crippen molar-refractivity contribution >= 4 is 24.2 Å². The minimum atomic E-state index is -1.68. The molecule has 0 spiro atoms. The van der Waals surface area contributed by atoms with Crippen LogP contribution in [0.2, 0.25) is 18.1 Å². The van der Waals surface area contributed by atoms with Gasteiger partial charge in [-0.3, -0.25) is 5.32 Å². The summed E-state index contributed by atoms with van der Waals surface area (Å²) in [5, 5.41) is 3.85. The Morgan fingerprint density at radius 2 is 1.68 bits per heavy atom. The standard InChI is InChI=1S/C24H32BrNOSi/c1-24(2,3)28(4,5)27-19-11-18-26-23(21-14-9-10-15-22(21)25)17-16-20-12-7-6-8-13-20/h6-10,12-15,23,26H,11,18-19H2,1-5H3. The topological polar surface area (TPSA) is 21.3 Å². The van der Waals surface area contributed by atoms with Gasteiger partial charge in [-0.1, -0.05) is 84.9 Å². The minimum absolute atomic E-state index is 0.0244. The fourth-order valence-electron chi connectivity index (χ4n) is 2.49. The normalized spacial score (nSPS) is 12.9. The summed E-state index contributed by atoms with van der Waals surface area (Å²) in [5.41, 5.74) is 2.19. The van der Waals surface area contributed by atoms with E-state index in [-0.39, 0.29) is 11.1 Å². The van der Waals surface area contributed by atoms with Gasteiger partial charge >= 0.3 is 0 Å². The van der Waals surface area contributed by atoms with Crippen molar-refractivity contribution in [3.05, 3.63) is 70.2 Å². The maximum Gasteiger partial charge on any atom is 0.191 e. The van der Waals surface area contributed by atoms with E-state index in [1.54, 1.807) is 0 Å². The zero-order valence-electron chi connectivity index (χ0n) is 17.7. The van der Waals surface area contributed by atoms with Gasteiger partial charge in [-0.25, -0.2) is 0 Å². The Morgan fingerprint density at radius 1 is 1.04 bits per heavy atom. The molecule has 0 saturated carbocycles. The van der Waals surface area contributed by atoms with Crippen LogP contribution in [-0.4, -0.2) is 21.5 Å². The second-order valence-corrected chi connectivity index (χ2v) is 14.2. The van der Waals surface area contributed by atoms with Gasteiger partial charge in [0, 0.05) is 16.6 Å². The Kier molecular flexibility index (Phi) is 8.51. The summed E-state index contributed by atoms with van der Waals surface area (Å²) in [6, 6.07) is 18.4. The predicted octanol–water partition coefficient (Wildman–Crippen LogP) is 6.54. The Labute approximate surface area is 180 Å². The molecule has 0 heterocycles. The molecule has 0 bridgehead atoms.